The molecule has 1 heterocycles. The quantitative estimate of drug-likeness (QED) is 0.667. The molecule has 1 unspecified atom stereocenters. The number of nitrogens with two attached hydrogens (primary N) is 1. The van der Waals surface area contributed by atoms with E-state index in [4.69, 9.17) is 10.6 Å². The molecular weight excluding hydrogens is 320 g/mol. The van der Waals surface area contributed by atoms with Gasteiger partial charge < -0.3 is 15.5 Å². The smallest absolute Gasteiger partial charge is 0.198 e. The molecule has 7 heteroatoms. The van der Waals surface area contributed by atoms with Crippen molar-refractivity contribution in [3.63, 3.8) is 0 Å². The highest BCUT2D eigenvalue weighted by atomic mass is 16.7. The lowest BCUT2D eigenvalue weighted by atomic mass is 10.1. The average Bonchev–Trinajstić information content (AvgIpc) is 2.58. The Hall–Kier alpha value is -3.03. The van der Waals surface area contributed by atoms with Crippen molar-refractivity contribution in [2.45, 2.75) is 13.2 Å². The van der Waals surface area contributed by atoms with Gasteiger partial charge in [0.1, 0.15) is 17.3 Å². The van der Waals surface area contributed by atoms with Crippen LogP contribution in [0.15, 0.2) is 59.3 Å². The minimum absolute atomic E-state index is 0.140. The van der Waals surface area contributed by atoms with E-state index in [2.05, 4.69) is 10.3 Å². The van der Waals surface area contributed by atoms with Crippen molar-refractivity contribution in [3.8, 4) is 11.5 Å². The van der Waals surface area contributed by atoms with Gasteiger partial charge in [-0.15, -0.1) is 0 Å². The van der Waals surface area contributed by atoms with Crippen LogP contribution >= 0.6 is 0 Å². The first-order valence-electron chi connectivity index (χ1n) is 7.89. The number of nitrogens with one attached hydrogen (secondary N) is 1. The second-order valence-electron chi connectivity index (χ2n) is 5.42. The number of anilines is 1. The molecule has 0 bridgehead atoms. The first kappa shape index (κ1) is 16.8. The Labute approximate surface area is 145 Å². The highest BCUT2D eigenvalue weighted by Gasteiger charge is 2.25. The van der Waals surface area contributed by atoms with Crippen molar-refractivity contribution in [3.05, 3.63) is 59.9 Å². The van der Waals surface area contributed by atoms with Crippen molar-refractivity contribution in [1.82, 2.24) is 5.06 Å². The van der Waals surface area contributed by atoms with Crippen LogP contribution in [0.4, 0.5) is 5.69 Å². The molecule has 0 aliphatic carbocycles. The van der Waals surface area contributed by atoms with Crippen LogP contribution < -0.4 is 11.1 Å². The maximum atomic E-state index is 9.79. The molecule has 0 saturated carbocycles. The fourth-order valence-electron chi connectivity index (χ4n) is 2.53. The Morgan fingerprint density at radius 1 is 1.16 bits per heavy atom. The molecule has 1 atom stereocenters. The SMILES string of the molecule is CCON1C(Nc2cccc(O)c2)=C(c2cccc(O)c2)C=NC1N. The summed E-state index contributed by atoms with van der Waals surface area (Å²) < 4.78 is 0. The summed E-state index contributed by atoms with van der Waals surface area (Å²) in [5, 5.41) is 24.2. The molecule has 2 aromatic carbocycles. The fraction of sp³-hybridized carbons (Fsp3) is 0.167. The third-order valence-corrected chi connectivity index (χ3v) is 3.61. The molecule has 0 saturated heterocycles. The molecule has 0 amide bonds. The van der Waals surface area contributed by atoms with Crippen LogP contribution in [0, 0.1) is 0 Å². The normalized spacial score (nSPS) is 17.0. The second-order valence-corrected chi connectivity index (χ2v) is 5.42. The largest absolute Gasteiger partial charge is 0.508 e. The molecule has 7 nitrogen and oxygen atoms in total. The van der Waals surface area contributed by atoms with Crippen LogP contribution in [0.3, 0.4) is 0 Å². The maximum absolute atomic E-state index is 9.79. The first-order valence-corrected chi connectivity index (χ1v) is 7.89. The molecule has 25 heavy (non-hydrogen) atoms. The number of hydroxylamine groups is 2. The van der Waals surface area contributed by atoms with Crippen LogP contribution in [0.2, 0.25) is 0 Å². The summed E-state index contributed by atoms with van der Waals surface area (Å²) in [5.74, 6) is 0.856. The Kier molecular flexibility index (Phi) is 4.87. The van der Waals surface area contributed by atoms with Gasteiger partial charge in [0.25, 0.3) is 0 Å². The summed E-state index contributed by atoms with van der Waals surface area (Å²) in [5.41, 5.74) is 8.16. The highest BCUT2D eigenvalue weighted by Crippen LogP contribution is 2.29. The summed E-state index contributed by atoms with van der Waals surface area (Å²) in [6.07, 6.45) is 0.931. The standard InChI is InChI=1S/C18H20N4O3/c1-2-25-22-17(21-13-6-4-8-15(24)10-13)16(11-20-18(22)19)12-5-3-7-14(23)9-12/h3-11,18,21,23-24H,2,19H2,1H3. The van der Waals surface area contributed by atoms with Crippen molar-refractivity contribution in [2.75, 3.05) is 11.9 Å². The highest BCUT2D eigenvalue weighted by molar-refractivity contribution is 6.12. The zero-order valence-electron chi connectivity index (χ0n) is 13.8. The third-order valence-electron chi connectivity index (χ3n) is 3.61. The Balaban J connectivity index is 2.08. The Morgan fingerprint density at radius 2 is 1.88 bits per heavy atom. The number of allylic oxidation sites excluding steroid dienone is 1. The molecule has 3 rings (SSSR count). The number of aliphatic imine (C=N–C) groups is 1. The van der Waals surface area contributed by atoms with Gasteiger partial charge in [-0.1, -0.05) is 18.2 Å². The molecule has 5 N–H and O–H groups in total. The van der Waals surface area contributed by atoms with Gasteiger partial charge in [-0.25, -0.2) is 0 Å². The zero-order valence-corrected chi connectivity index (χ0v) is 13.8. The van der Waals surface area contributed by atoms with E-state index in [1.165, 1.54) is 5.06 Å². The van der Waals surface area contributed by atoms with Gasteiger partial charge in [-0.2, -0.15) is 5.06 Å². The van der Waals surface area contributed by atoms with Crippen molar-refractivity contribution in [2.24, 2.45) is 10.7 Å². The van der Waals surface area contributed by atoms with Crippen LogP contribution in [-0.2, 0) is 4.84 Å². The lowest BCUT2D eigenvalue weighted by Gasteiger charge is -2.33. The van der Waals surface area contributed by atoms with Crippen LogP contribution in [0.5, 0.6) is 11.5 Å². The summed E-state index contributed by atoms with van der Waals surface area (Å²) >= 11 is 0. The molecule has 1 aliphatic rings. The van der Waals surface area contributed by atoms with E-state index in [1.807, 2.05) is 19.1 Å². The van der Waals surface area contributed by atoms with E-state index < -0.39 is 6.29 Å². The number of phenolic OH excluding ortho intramolecular Hbond substituents is 2. The number of aromatic hydroxyl groups is 2. The summed E-state index contributed by atoms with van der Waals surface area (Å²) in [4.78, 5) is 9.89. The van der Waals surface area contributed by atoms with Crippen molar-refractivity contribution >= 4 is 17.5 Å². The minimum Gasteiger partial charge on any atom is -0.508 e. The van der Waals surface area contributed by atoms with Crippen molar-refractivity contribution in [1.29, 1.82) is 0 Å². The molecule has 0 radical (unpaired) electrons. The number of benzene rings is 2. The summed E-state index contributed by atoms with van der Waals surface area (Å²) in [6, 6.07) is 13.6. The van der Waals surface area contributed by atoms with Gasteiger partial charge in [-0.3, -0.25) is 15.6 Å². The molecular formula is C18H20N4O3. The number of nitrogens with zero attached hydrogens (tertiary/aromatic N) is 2. The zero-order chi connectivity index (χ0) is 17.8. The molecule has 130 valence electrons. The van der Waals surface area contributed by atoms with Crippen LogP contribution in [0.1, 0.15) is 12.5 Å². The van der Waals surface area contributed by atoms with Gasteiger partial charge in [0.15, 0.2) is 6.29 Å². The topological polar surface area (TPSA) is 103 Å². The predicted molar refractivity (Wildman–Crippen MR) is 96.7 cm³/mol. The maximum Gasteiger partial charge on any atom is 0.198 e. The number of hydrogen-bond acceptors (Lipinski definition) is 7. The fourth-order valence-corrected chi connectivity index (χ4v) is 2.53. The molecule has 0 aromatic heterocycles. The average molecular weight is 340 g/mol. The predicted octanol–water partition coefficient (Wildman–Crippen LogP) is 2.46. The van der Waals surface area contributed by atoms with E-state index in [0.29, 0.717) is 23.7 Å². The second kappa shape index (κ2) is 7.25. The van der Waals surface area contributed by atoms with Crippen molar-refractivity contribution < 1.29 is 15.1 Å². The molecule has 0 fully saturated rings. The van der Waals surface area contributed by atoms with Crippen LogP contribution in [-0.4, -0.2) is 34.4 Å². The van der Waals surface area contributed by atoms with E-state index in [9.17, 15) is 10.2 Å². The van der Waals surface area contributed by atoms with Gasteiger partial charge in [0, 0.05) is 23.5 Å². The van der Waals surface area contributed by atoms with Gasteiger partial charge in [-0.05, 0) is 36.8 Å². The van der Waals surface area contributed by atoms with Gasteiger partial charge in [0.05, 0.1) is 6.61 Å². The first-order chi connectivity index (χ1) is 12.1. The minimum atomic E-state index is -0.708. The van der Waals surface area contributed by atoms with Gasteiger partial charge in [0.2, 0.25) is 0 Å². The number of hydrogen-bond donors (Lipinski definition) is 4. The van der Waals surface area contributed by atoms with E-state index in [1.54, 1.807) is 42.6 Å². The molecule has 0 spiro atoms. The lowest BCUT2D eigenvalue weighted by Crippen LogP contribution is -2.44. The van der Waals surface area contributed by atoms with Gasteiger partial charge >= 0.3 is 0 Å². The third kappa shape index (κ3) is 3.73. The Bertz CT molecular complexity index is 819. The van der Waals surface area contributed by atoms with Crippen LogP contribution in [0.25, 0.3) is 5.57 Å². The molecule has 1 aliphatic heterocycles. The Morgan fingerprint density at radius 3 is 2.56 bits per heavy atom. The summed E-state index contributed by atoms with van der Waals surface area (Å²) in [7, 11) is 0. The van der Waals surface area contributed by atoms with E-state index in [-0.39, 0.29) is 11.5 Å². The lowest BCUT2D eigenvalue weighted by molar-refractivity contribution is -0.150. The molecule has 2 aromatic rings. The number of rotatable bonds is 5. The van der Waals surface area contributed by atoms with E-state index >= 15 is 0 Å². The monoisotopic (exact) mass is 340 g/mol. The summed E-state index contributed by atoms with van der Waals surface area (Å²) in [6.45, 7) is 2.26. The number of phenols is 2. The van der Waals surface area contributed by atoms with E-state index in [0.717, 1.165) is 5.56 Å².